The number of rotatable bonds is 9. The van der Waals surface area contributed by atoms with E-state index < -0.39 is 33.3 Å². The van der Waals surface area contributed by atoms with Crippen molar-refractivity contribution in [2.24, 2.45) is 0 Å². The van der Waals surface area contributed by atoms with Crippen molar-refractivity contribution in [1.29, 1.82) is 0 Å². The number of hydrogen-bond acceptors (Lipinski definition) is 8. The number of hydrogen-bond donors (Lipinski definition) is 3. The van der Waals surface area contributed by atoms with Crippen LogP contribution in [0, 0.1) is 10.1 Å². The number of nitrogens with zero attached hydrogens (tertiary/aromatic N) is 1. The minimum Gasteiger partial charge on any atom is -0.395 e. The molecule has 0 amide bonds. The maximum absolute atomic E-state index is 12.1. The maximum atomic E-state index is 12.1. The minimum absolute atomic E-state index is 0.0554. The van der Waals surface area contributed by atoms with Crippen LogP contribution < -0.4 is 5.32 Å². The maximum Gasteiger partial charge on any atom is 0.270 e. The molecule has 0 fully saturated rings. The van der Waals surface area contributed by atoms with E-state index in [2.05, 4.69) is 5.32 Å². The first-order valence-corrected chi connectivity index (χ1v) is 8.08. The lowest BCUT2D eigenvalue weighted by molar-refractivity contribution is -0.385. The van der Waals surface area contributed by atoms with Crippen LogP contribution in [0.3, 0.4) is 0 Å². The van der Waals surface area contributed by atoms with E-state index in [9.17, 15) is 18.5 Å². The molecule has 1 aromatic carbocycles. The Hall–Kier alpha value is -1.75. The molecule has 0 heterocycles. The van der Waals surface area contributed by atoms with Crippen molar-refractivity contribution in [3.05, 3.63) is 28.3 Å². The third-order valence-electron chi connectivity index (χ3n) is 2.69. The second kappa shape index (κ2) is 8.03. The molecule has 0 aliphatic carbocycles. The van der Waals surface area contributed by atoms with Crippen LogP contribution in [0.4, 0.5) is 11.4 Å². The van der Waals surface area contributed by atoms with E-state index >= 15 is 0 Å². The molecular weight excluding hydrogens is 316 g/mol. The van der Waals surface area contributed by atoms with Crippen LogP contribution in [-0.4, -0.2) is 55.4 Å². The average Bonchev–Trinajstić information content (AvgIpc) is 2.45. The van der Waals surface area contributed by atoms with Gasteiger partial charge in [0.1, 0.15) is 6.23 Å². The normalized spacial score (nSPS) is 12.9. The highest BCUT2D eigenvalue weighted by Gasteiger charge is 2.22. The van der Waals surface area contributed by atoms with Crippen molar-refractivity contribution in [3.8, 4) is 0 Å². The van der Waals surface area contributed by atoms with Crippen molar-refractivity contribution < 1.29 is 28.3 Å². The van der Waals surface area contributed by atoms with Gasteiger partial charge in [-0.25, -0.2) is 8.42 Å². The highest BCUT2D eigenvalue weighted by atomic mass is 32.2. The van der Waals surface area contributed by atoms with E-state index in [1.54, 1.807) is 6.92 Å². The number of nitro benzene ring substituents is 1. The molecule has 0 bridgehead atoms. The molecule has 0 saturated carbocycles. The lowest BCUT2D eigenvalue weighted by Gasteiger charge is -2.18. The topological polar surface area (TPSA) is 139 Å². The summed E-state index contributed by atoms with van der Waals surface area (Å²) in [5.41, 5.74) is -0.240. The molecule has 9 nitrogen and oxygen atoms in total. The van der Waals surface area contributed by atoms with Crippen molar-refractivity contribution in [3.63, 3.8) is 0 Å². The number of benzene rings is 1. The summed E-state index contributed by atoms with van der Waals surface area (Å²) < 4.78 is 29.4. The Labute approximate surface area is 127 Å². The van der Waals surface area contributed by atoms with Gasteiger partial charge in [-0.1, -0.05) is 0 Å². The molecule has 1 rings (SSSR count). The van der Waals surface area contributed by atoms with E-state index in [0.29, 0.717) is 0 Å². The lowest BCUT2D eigenvalue weighted by Crippen LogP contribution is -2.23. The Morgan fingerprint density at radius 1 is 1.36 bits per heavy atom. The molecule has 3 N–H and O–H groups in total. The highest BCUT2D eigenvalue weighted by molar-refractivity contribution is 7.91. The lowest BCUT2D eigenvalue weighted by atomic mass is 10.3. The van der Waals surface area contributed by atoms with Gasteiger partial charge >= 0.3 is 0 Å². The van der Waals surface area contributed by atoms with Gasteiger partial charge in [-0.2, -0.15) is 0 Å². The molecule has 0 aliphatic rings. The number of non-ortho nitro benzene ring substituents is 1. The summed E-state index contributed by atoms with van der Waals surface area (Å²) in [4.78, 5) is 9.82. The molecule has 0 aromatic heterocycles. The Kier molecular flexibility index (Phi) is 6.68. The summed E-state index contributed by atoms with van der Waals surface area (Å²) in [5.74, 6) is -0.547. The molecule has 0 saturated heterocycles. The fourth-order valence-corrected chi connectivity index (χ4v) is 2.94. The van der Waals surface area contributed by atoms with E-state index in [0.717, 1.165) is 6.07 Å². The predicted molar refractivity (Wildman–Crippen MR) is 78.4 cm³/mol. The van der Waals surface area contributed by atoms with Gasteiger partial charge < -0.3 is 20.3 Å². The Balaban J connectivity index is 3.18. The SMILES string of the molecule is CC(Nc1ccc([N+](=O)[O-])cc1S(=O)(=O)CCO)OCCO. The number of nitro groups is 1. The molecule has 1 aromatic rings. The first kappa shape index (κ1) is 18.3. The van der Waals surface area contributed by atoms with Crippen LogP contribution >= 0.6 is 0 Å². The van der Waals surface area contributed by atoms with Gasteiger partial charge in [0.15, 0.2) is 9.84 Å². The van der Waals surface area contributed by atoms with E-state index in [1.807, 2.05) is 0 Å². The number of anilines is 1. The van der Waals surface area contributed by atoms with E-state index in [-0.39, 0.29) is 29.5 Å². The van der Waals surface area contributed by atoms with Crippen molar-refractivity contribution in [2.45, 2.75) is 18.0 Å². The van der Waals surface area contributed by atoms with Crippen molar-refractivity contribution >= 4 is 21.2 Å². The second-order valence-corrected chi connectivity index (χ2v) is 6.44. The number of aliphatic hydroxyl groups excluding tert-OH is 2. The van der Waals surface area contributed by atoms with Crippen LogP contribution in [0.5, 0.6) is 0 Å². The minimum atomic E-state index is -3.89. The molecule has 22 heavy (non-hydrogen) atoms. The van der Waals surface area contributed by atoms with Crippen molar-refractivity contribution in [2.75, 3.05) is 30.9 Å². The number of sulfone groups is 1. The molecular formula is C12H18N2O7S. The number of ether oxygens (including phenoxy) is 1. The fraction of sp³-hybridized carbons (Fsp3) is 0.500. The van der Waals surface area contributed by atoms with Gasteiger partial charge in [0.05, 0.1) is 41.1 Å². The van der Waals surface area contributed by atoms with E-state index in [1.165, 1.54) is 12.1 Å². The van der Waals surface area contributed by atoms with Crippen LogP contribution in [0.25, 0.3) is 0 Å². The first-order valence-electron chi connectivity index (χ1n) is 6.43. The summed E-state index contributed by atoms with van der Waals surface area (Å²) in [6.45, 7) is 0.863. The summed E-state index contributed by atoms with van der Waals surface area (Å²) in [5, 5.41) is 31.1. The smallest absolute Gasteiger partial charge is 0.270 e. The van der Waals surface area contributed by atoms with Gasteiger partial charge in [0, 0.05) is 12.1 Å². The van der Waals surface area contributed by atoms with Crippen LogP contribution in [-0.2, 0) is 14.6 Å². The largest absolute Gasteiger partial charge is 0.395 e. The van der Waals surface area contributed by atoms with Crippen LogP contribution in [0.2, 0.25) is 0 Å². The monoisotopic (exact) mass is 334 g/mol. The van der Waals surface area contributed by atoms with Gasteiger partial charge in [-0.3, -0.25) is 10.1 Å². The quantitative estimate of drug-likeness (QED) is 0.329. The van der Waals surface area contributed by atoms with E-state index in [4.69, 9.17) is 14.9 Å². The molecule has 1 atom stereocenters. The summed E-state index contributed by atoms with van der Waals surface area (Å²) in [6.07, 6.45) is -0.614. The van der Waals surface area contributed by atoms with Gasteiger partial charge in [-0.05, 0) is 13.0 Å². The van der Waals surface area contributed by atoms with Crippen LogP contribution in [0.15, 0.2) is 23.1 Å². The molecule has 0 aliphatic heterocycles. The molecule has 1 unspecified atom stereocenters. The number of nitrogens with one attached hydrogen (secondary N) is 1. The van der Waals surface area contributed by atoms with Gasteiger partial charge in [0.25, 0.3) is 5.69 Å². The predicted octanol–water partition coefficient (Wildman–Crippen LogP) is 0.128. The highest BCUT2D eigenvalue weighted by Crippen LogP contribution is 2.28. The molecule has 10 heteroatoms. The van der Waals surface area contributed by atoms with Crippen LogP contribution in [0.1, 0.15) is 6.92 Å². The van der Waals surface area contributed by atoms with Gasteiger partial charge in [-0.15, -0.1) is 0 Å². The average molecular weight is 334 g/mol. The summed E-state index contributed by atoms with van der Waals surface area (Å²) in [7, 11) is -3.89. The molecule has 0 spiro atoms. The van der Waals surface area contributed by atoms with Gasteiger partial charge in [0.2, 0.25) is 0 Å². The second-order valence-electron chi connectivity index (χ2n) is 4.36. The zero-order valence-electron chi connectivity index (χ0n) is 11.9. The standard InChI is InChI=1S/C12H18N2O7S/c1-9(21-6-4-15)13-11-3-2-10(14(17)18)8-12(11)22(19,20)7-5-16/h2-3,8-9,13,15-16H,4-7H2,1H3. The third kappa shape index (κ3) is 4.91. The zero-order chi connectivity index (χ0) is 16.8. The molecule has 124 valence electrons. The fourth-order valence-electron chi connectivity index (χ4n) is 1.72. The Morgan fingerprint density at radius 3 is 2.59 bits per heavy atom. The summed E-state index contributed by atoms with van der Waals surface area (Å²) in [6, 6.07) is 3.37. The summed E-state index contributed by atoms with van der Waals surface area (Å²) >= 11 is 0. The molecule has 0 radical (unpaired) electrons. The first-order chi connectivity index (χ1) is 10.3. The Bertz CT molecular complexity index is 618. The zero-order valence-corrected chi connectivity index (χ0v) is 12.7. The number of aliphatic hydroxyl groups is 2. The van der Waals surface area contributed by atoms with Crippen molar-refractivity contribution in [1.82, 2.24) is 0 Å². The third-order valence-corrected chi connectivity index (χ3v) is 4.42. The Morgan fingerprint density at radius 2 is 2.05 bits per heavy atom.